The minimum absolute atomic E-state index is 0.0606. The third kappa shape index (κ3) is 3.27. The molecule has 3 N–H and O–H groups in total. The van der Waals surface area contributed by atoms with E-state index in [0.717, 1.165) is 12.1 Å². The van der Waals surface area contributed by atoms with Crippen molar-refractivity contribution in [1.29, 1.82) is 0 Å². The highest BCUT2D eigenvalue weighted by Crippen LogP contribution is 2.36. The van der Waals surface area contributed by atoms with Gasteiger partial charge in [-0.3, -0.25) is 0 Å². The van der Waals surface area contributed by atoms with Crippen molar-refractivity contribution < 1.29 is 27.9 Å². The zero-order valence-corrected chi connectivity index (χ0v) is 9.36. The molecule has 0 heterocycles. The normalized spacial score (nSPS) is 12.6. The van der Waals surface area contributed by atoms with Crippen molar-refractivity contribution in [3.63, 3.8) is 0 Å². The fourth-order valence-electron chi connectivity index (χ4n) is 1.22. The molecule has 0 aliphatic rings. The number of nitrogens with zero attached hydrogens (tertiary/aromatic N) is 1. The SMILES string of the molecule is COCOc1ccc(/C(N)=N/O)cc1C(F)(F)F. The van der Waals surface area contributed by atoms with Gasteiger partial charge in [0.05, 0.1) is 5.56 Å². The minimum Gasteiger partial charge on any atom is -0.467 e. The molecule has 0 atom stereocenters. The third-order valence-electron chi connectivity index (χ3n) is 2.02. The lowest BCUT2D eigenvalue weighted by Gasteiger charge is -2.14. The molecule has 5 nitrogen and oxygen atoms in total. The van der Waals surface area contributed by atoms with Crippen molar-refractivity contribution in [2.45, 2.75) is 6.18 Å². The van der Waals surface area contributed by atoms with E-state index in [1.165, 1.54) is 13.2 Å². The van der Waals surface area contributed by atoms with E-state index in [-0.39, 0.29) is 18.1 Å². The van der Waals surface area contributed by atoms with E-state index >= 15 is 0 Å². The van der Waals surface area contributed by atoms with Gasteiger partial charge in [-0.05, 0) is 18.2 Å². The van der Waals surface area contributed by atoms with Gasteiger partial charge in [0, 0.05) is 12.7 Å². The minimum atomic E-state index is -4.62. The van der Waals surface area contributed by atoms with Crippen molar-refractivity contribution in [2.75, 3.05) is 13.9 Å². The maximum absolute atomic E-state index is 12.8. The second-order valence-electron chi connectivity index (χ2n) is 3.24. The summed E-state index contributed by atoms with van der Waals surface area (Å²) in [6.45, 7) is -0.313. The highest BCUT2D eigenvalue weighted by Gasteiger charge is 2.35. The lowest BCUT2D eigenvalue weighted by Crippen LogP contribution is -2.16. The Morgan fingerprint density at radius 1 is 1.44 bits per heavy atom. The van der Waals surface area contributed by atoms with Crippen molar-refractivity contribution in [3.8, 4) is 5.75 Å². The van der Waals surface area contributed by atoms with Gasteiger partial charge in [-0.15, -0.1) is 0 Å². The Kier molecular flexibility index (Phi) is 4.38. The van der Waals surface area contributed by atoms with Gasteiger partial charge in [0.15, 0.2) is 12.6 Å². The van der Waals surface area contributed by atoms with Gasteiger partial charge in [-0.25, -0.2) is 0 Å². The van der Waals surface area contributed by atoms with Crippen LogP contribution in [0, 0.1) is 0 Å². The zero-order chi connectivity index (χ0) is 13.8. The maximum atomic E-state index is 12.8. The number of benzene rings is 1. The van der Waals surface area contributed by atoms with E-state index in [4.69, 9.17) is 15.7 Å². The number of rotatable bonds is 4. The molecule has 0 amide bonds. The Labute approximate surface area is 101 Å². The van der Waals surface area contributed by atoms with Crippen LogP contribution in [0.2, 0.25) is 0 Å². The Morgan fingerprint density at radius 2 is 2.11 bits per heavy atom. The fourth-order valence-corrected chi connectivity index (χ4v) is 1.22. The van der Waals surface area contributed by atoms with Crippen LogP contribution in [-0.4, -0.2) is 24.9 Å². The molecule has 100 valence electrons. The first-order valence-electron chi connectivity index (χ1n) is 4.71. The number of halogens is 3. The molecule has 0 unspecified atom stereocenters. The predicted octanol–water partition coefficient (Wildman–Crippen LogP) is 1.78. The highest BCUT2D eigenvalue weighted by atomic mass is 19.4. The van der Waals surface area contributed by atoms with Gasteiger partial charge < -0.3 is 20.4 Å². The monoisotopic (exact) mass is 264 g/mol. The Hall–Kier alpha value is -1.96. The van der Waals surface area contributed by atoms with Gasteiger partial charge in [-0.2, -0.15) is 13.2 Å². The summed E-state index contributed by atoms with van der Waals surface area (Å²) in [5.74, 6) is -0.808. The summed E-state index contributed by atoms with van der Waals surface area (Å²) in [6.07, 6.45) is -4.62. The molecule has 0 radical (unpaired) electrons. The Bertz CT molecular complexity index is 446. The predicted molar refractivity (Wildman–Crippen MR) is 56.5 cm³/mol. The van der Waals surface area contributed by atoms with E-state index in [9.17, 15) is 13.2 Å². The summed E-state index contributed by atoms with van der Waals surface area (Å²) >= 11 is 0. The second-order valence-corrected chi connectivity index (χ2v) is 3.24. The number of amidine groups is 1. The first kappa shape index (κ1) is 14.1. The van der Waals surface area contributed by atoms with E-state index in [0.29, 0.717) is 0 Å². The number of methoxy groups -OCH3 is 1. The van der Waals surface area contributed by atoms with Gasteiger partial charge in [0.2, 0.25) is 0 Å². The first-order chi connectivity index (χ1) is 8.40. The molecule has 0 saturated carbocycles. The summed E-state index contributed by atoms with van der Waals surface area (Å²) in [4.78, 5) is 0. The lowest BCUT2D eigenvalue weighted by atomic mass is 10.1. The second kappa shape index (κ2) is 5.58. The molecule has 0 aliphatic heterocycles. The van der Waals surface area contributed by atoms with Crippen LogP contribution in [-0.2, 0) is 10.9 Å². The van der Waals surface area contributed by atoms with Crippen LogP contribution in [0.4, 0.5) is 13.2 Å². The van der Waals surface area contributed by atoms with Crippen molar-refractivity contribution in [1.82, 2.24) is 0 Å². The van der Waals surface area contributed by atoms with E-state index in [1.807, 2.05) is 0 Å². The highest BCUT2D eigenvalue weighted by molar-refractivity contribution is 5.97. The molecule has 0 bridgehead atoms. The van der Waals surface area contributed by atoms with Crippen LogP contribution in [0.15, 0.2) is 23.4 Å². The lowest BCUT2D eigenvalue weighted by molar-refractivity contribution is -0.139. The summed E-state index contributed by atoms with van der Waals surface area (Å²) < 4.78 is 47.6. The largest absolute Gasteiger partial charge is 0.467 e. The Morgan fingerprint density at radius 3 is 2.61 bits per heavy atom. The molecular weight excluding hydrogens is 253 g/mol. The van der Waals surface area contributed by atoms with E-state index in [1.54, 1.807) is 0 Å². The van der Waals surface area contributed by atoms with Crippen LogP contribution in [0.3, 0.4) is 0 Å². The van der Waals surface area contributed by atoms with Gasteiger partial charge in [-0.1, -0.05) is 5.16 Å². The van der Waals surface area contributed by atoms with Crippen LogP contribution in [0.25, 0.3) is 0 Å². The van der Waals surface area contributed by atoms with Gasteiger partial charge in [0.1, 0.15) is 5.75 Å². The zero-order valence-electron chi connectivity index (χ0n) is 9.36. The van der Waals surface area contributed by atoms with Gasteiger partial charge >= 0.3 is 6.18 Å². The average Bonchev–Trinajstić information content (AvgIpc) is 2.34. The molecule has 0 fully saturated rings. The maximum Gasteiger partial charge on any atom is 0.419 e. The molecule has 0 spiro atoms. The smallest absolute Gasteiger partial charge is 0.419 e. The molecule has 1 rings (SSSR count). The molecular formula is C10H11F3N2O3. The van der Waals surface area contributed by atoms with Crippen LogP contribution < -0.4 is 10.5 Å². The van der Waals surface area contributed by atoms with Gasteiger partial charge in [0.25, 0.3) is 0 Å². The third-order valence-corrected chi connectivity index (χ3v) is 2.02. The molecule has 18 heavy (non-hydrogen) atoms. The van der Waals surface area contributed by atoms with Crippen molar-refractivity contribution >= 4 is 5.84 Å². The molecule has 0 aliphatic carbocycles. The van der Waals surface area contributed by atoms with E-state index in [2.05, 4.69) is 9.89 Å². The standard InChI is InChI=1S/C10H11F3N2O3/c1-17-5-18-8-3-2-6(9(14)15-16)4-7(8)10(11,12)13/h2-4,16H,5H2,1H3,(H2,14,15). The average molecular weight is 264 g/mol. The number of ether oxygens (including phenoxy) is 2. The van der Waals surface area contributed by atoms with E-state index < -0.39 is 17.6 Å². The number of hydrogen-bond acceptors (Lipinski definition) is 4. The quantitative estimate of drug-likeness (QED) is 0.286. The van der Waals surface area contributed by atoms with Crippen LogP contribution >= 0.6 is 0 Å². The molecule has 8 heteroatoms. The summed E-state index contributed by atoms with van der Waals surface area (Å²) in [6, 6.07) is 3.06. The molecule has 1 aromatic rings. The summed E-state index contributed by atoms with van der Waals surface area (Å²) in [7, 11) is 1.29. The Balaban J connectivity index is 3.21. The number of oxime groups is 1. The van der Waals surface area contributed by atoms with Crippen molar-refractivity contribution in [3.05, 3.63) is 29.3 Å². The van der Waals surface area contributed by atoms with Crippen LogP contribution in [0.5, 0.6) is 5.75 Å². The summed E-state index contributed by atoms with van der Waals surface area (Å²) in [5.41, 5.74) is 4.14. The van der Waals surface area contributed by atoms with Crippen molar-refractivity contribution in [2.24, 2.45) is 10.9 Å². The summed E-state index contributed by atoms with van der Waals surface area (Å²) in [5, 5.41) is 11.1. The molecule has 0 aromatic heterocycles. The number of hydrogen-bond donors (Lipinski definition) is 2. The molecule has 1 aromatic carbocycles. The topological polar surface area (TPSA) is 77.1 Å². The number of alkyl halides is 3. The molecule has 0 saturated heterocycles. The van der Waals surface area contributed by atoms with Crippen LogP contribution in [0.1, 0.15) is 11.1 Å². The fraction of sp³-hybridized carbons (Fsp3) is 0.300. The number of nitrogens with two attached hydrogens (primary N) is 1. The first-order valence-corrected chi connectivity index (χ1v) is 4.71.